The lowest BCUT2D eigenvalue weighted by Crippen LogP contribution is -2.49. The first-order chi connectivity index (χ1) is 13.9. The van der Waals surface area contributed by atoms with E-state index in [1.54, 1.807) is 23.2 Å². The van der Waals surface area contributed by atoms with Gasteiger partial charge in [0.1, 0.15) is 11.9 Å². The number of amides is 1. The molecule has 1 saturated heterocycles. The van der Waals surface area contributed by atoms with Crippen LogP contribution in [0.3, 0.4) is 0 Å². The first kappa shape index (κ1) is 19.2. The Bertz CT molecular complexity index is 944. The Hall–Kier alpha value is -3.08. The molecule has 0 radical (unpaired) electrons. The monoisotopic (exact) mass is 400 g/mol. The number of carbonyl (C=O) groups is 1. The number of hydrogen-bond donors (Lipinski definition) is 0. The van der Waals surface area contributed by atoms with E-state index in [2.05, 4.69) is 11.1 Å². The first-order valence-corrected chi connectivity index (χ1v) is 9.44. The largest absolute Gasteiger partial charge is 0.416 e. The average molecular weight is 400 g/mol. The van der Waals surface area contributed by atoms with Crippen LogP contribution in [-0.4, -0.2) is 42.0 Å². The molecule has 1 aromatic carbocycles. The molecule has 2 heterocycles. The van der Waals surface area contributed by atoms with Gasteiger partial charge in [-0.2, -0.15) is 18.4 Å². The fourth-order valence-corrected chi connectivity index (χ4v) is 3.86. The molecule has 4 rings (SSSR count). The SMILES string of the molecule is N#Cc1cccnc1N1CCN(C(=O)C2CC2c2ccc(C(F)(F)F)cc2)CC1. The normalized spacial score (nSPS) is 21.6. The average Bonchev–Trinajstić information content (AvgIpc) is 3.54. The number of rotatable bonds is 3. The summed E-state index contributed by atoms with van der Waals surface area (Å²) in [5.41, 5.74) is 0.617. The van der Waals surface area contributed by atoms with Crippen molar-refractivity contribution < 1.29 is 18.0 Å². The Morgan fingerprint density at radius 3 is 2.41 bits per heavy atom. The van der Waals surface area contributed by atoms with Crippen molar-refractivity contribution in [3.63, 3.8) is 0 Å². The molecule has 1 aromatic heterocycles. The molecule has 1 amide bonds. The molecule has 2 aliphatic rings. The third kappa shape index (κ3) is 3.90. The van der Waals surface area contributed by atoms with E-state index in [0.717, 1.165) is 17.7 Å². The number of piperazine rings is 1. The topological polar surface area (TPSA) is 60.2 Å². The van der Waals surface area contributed by atoms with Crippen molar-refractivity contribution in [2.75, 3.05) is 31.1 Å². The Kier molecular flexibility index (Phi) is 4.91. The fraction of sp³-hybridized carbons (Fsp3) is 0.381. The van der Waals surface area contributed by atoms with Crippen molar-refractivity contribution in [2.24, 2.45) is 5.92 Å². The van der Waals surface area contributed by atoms with Crippen LogP contribution >= 0.6 is 0 Å². The van der Waals surface area contributed by atoms with Gasteiger partial charge >= 0.3 is 6.18 Å². The predicted molar refractivity (Wildman–Crippen MR) is 100 cm³/mol. The van der Waals surface area contributed by atoms with Gasteiger partial charge in [-0.05, 0) is 42.2 Å². The maximum atomic E-state index is 12.8. The number of aromatic nitrogens is 1. The third-order valence-electron chi connectivity index (χ3n) is 5.57. The molecule has 150 valence electrons. The number of carbonyl (C=O) groups excluding carboxylic acids is 1. The Morgan fingerprint density at radius 2 is 1.79 bits per heavy atom. The summed E-state index contributed by atoms with van der Waals surface area (Å²) >= 11 is 0. The number of nitriles is 1. The first-order valence-electron chi connectivity index (χ1n) is 9.44. The van der Waals surface area contributed by atoms with Gasteiger partial charge in [-0.15, -0.1) is 0 Å². The van der Waals surface area contributed by atoms with Crippen LogP contribution in [0, 0.1) is 17.2 Å². The van der Waals surface area contributed by atoms with Crippen LogP contribution in [0.25, 0.3) is 0 Å². The van der Waals surface area contributed by atoms with Crippen molar-refractivity contribution >= 4 is 11.7 Å². The van der Waals surface area contributed by atoms with E-state index < -0.39 is 11.7 Å². The smallest absolute Gasteiger partial charge is 0.352 e. The Morgan fingerprint density at radius 1 is 1.10 bits per heavy atom. The van der Waals surface area contributed by atoms with Gasteiger partial charge < -0.3 is 9.80 Å². The number of pyridine rings is 1. The van der Waals surface area contributed by atoms with Gasteiger partial charge in [0.05, 0.1) is 11.1 Å². The van der Waals surface area contributed by atoms with E-state index in [4.69, 9.17) is 0 Å². The second-order valence-electron chi connectivity index (χ2n) is 7.37. The van der Waals surface area contributed by atoms with Crippen LogP contribution in [0.15, 0.2) is 42.6 Å². The number of halogens is 3. The van der Waals surface area contributed by atoms with E-state index in [1.807, 2.05) is 4.90 Å². The van der Waals surface area contributed by atoms with E-state index in [0.29, 0.717) is 44.0 Å². The van der Waals surface area contributed by atoms with Crippen molar-refractivity contribution in [3.05, 3.63) is 59.3 Å². The van der Waals surface area contributed by atoms with Gasteiger partial charge in [-0.3, -0.25) is 4.79 Å². The molecule has 1 aliphatic heterocycles. The molecule has 1 aliphatic carbocycles. The zero-order chi connectivity index (χ0) is 20.6. The van der Waals surface area contributed by atoms with Gasteiger partial charge in [0.15, 0.2) is 0 Å². The Balaban J connectivity index is 1.35. The number of benzene rings is 1. The summed E-state index contributed by atoms with van der Waals surface area (Å²) in [4.78, 5) is 20.9. The number of nitrogens with zero attached hydrogens (tertiary/aromatic N) is 4. The highest BCUT2D eigenvalue weighted by Gasteiger charge is 2.46. The van der Waals surface area contributed by atoms with Crippen molar-refractivity contribution in [2.45, 2.75) is 18.5 Å². The van der Waals surface area contributed by atoms with Gasteiger partial charge in [0, 0.05) is 38.3 Å². The molecule has 2 unspecified atom stereocenters. The molecule has 2 aromatic rings. The molecule has 2 atom stereocenters. The lowest BCUT2D eigenvalue weighted by molar-refractivity contribution is -0.137. The fourth-order valence-electron chi connectivity index (χ4n) is 3.86. The van der Waals surface area contributed by atoms with Crippen LogP contribution in [0.5, 0.6) is 0 Å². The summed E-state index contributed by atoms with van der Waals surface area (Å²) in [5, 5.41) is 9.23. The summed E-state index contributed by atoms with van der Waals surface area (Å²) in [6.07, 6.45) is -2.04. The van der Waals surface area contributed by atoms with Crippen LogP contribution in [0.2, 0.25) is 0 Å². The lowest BCUT2D eigenvalue weighted by atomic mass is 10.1. The van der Waals surface area contributed by atoms with Gasteiger partial charge in [-0.1, -0.05) is 12.1 Å². The highest BCUT2D eigenvalue weighted by atomic mass is 19.4. The summed E-state index contributed by atoms with van der Waals surface area (Å²) in [7, 11) is 0. The van der Waals surface area contributed by atoms with E-state index >= 15 is 0 Å². The molecule has 1 saturated carbocycles. The maximum Gasteiger partial charge on any atom is 0.416 e. The van der Waals surface area contributed by atoms with E-state index in [1.165, 1.54) is 12.1 Å². The van der Waals surface area contributed by atoms with Crippen molar-refractivity contribution in [1.29, 1.82) is 5.26 Å². The quantitative estimate of drug-likeness (QED) is 0.792. The summed E-state index contributed by atoms with van der Waals surface area (Å²) in [6.45, 7) is 2.26. The minimum Gasteiger partial charge on any atom is -0.352 e. The molecule has 0 bridgehead atoms. The minimum absolute atomic E-state index is 0.0104. The van der Waals surface area contributed by atoms with Crippen LogP contribution < -0.4 is 4.90 Å². The maximum absolute atomic E-state index is 12.8. The third-order valence-corrected chi connectivity index (χ3v) is 5.57. The van der Waals surface area contributed by atoms with Gasteiger partial charge in [0.25, 0.3) is 0 Å². The number of hydrogen-bond acceptors (Lipinski definition) is 4. The van der Waals surface area contributed by atoms with Gasteiger partial charge in [0.2, 0.25) is 5.91 Å². The molecule has 0 spiro atoms. The number of alkyl halides is 3. The highest BCUT2D eigenvalue weighted by Crippen LogP contribution is 2.49. The van der Waals surface area contributed by atoms with Crippen LogP contribution in [-0.2, 0) is 11.0 Å². The zero-order valence-electron chi connectivity index (χ0n) is 15.6. The zero-order valence-corrected chi connectivity index (χ0v) is 15.6. The van der Waals surface area contributed by atoms with E-state index in [9.17, 15) is 23.2 Å². The second-order valence-corrected chi connectivity index (χ2v) is 7.37. The van der Waals surface area contributed by atoms with Crippen molar-refractivity contribution in [3.8, 4) is 6.07 Å². The minimum atomic E-state index is -4.35. The lowest BCUT2D eigenvalue weighted by Gasteiger charge is -2.35. The molecule has 29 heavy (non-hydrogen) atoms. The standard InChI is InChI=1S/C21H19F3N4O/c22-21(23,24)16-5-3-14(4-6-16)17-12-18(17)20(29)28-10-8-27(9-11-28)19-15(13-25)2-1-7-26-19/h1-7,17-18H,8-12H2. The summed E-state index contributed by atoms with van der Waals surface area (Å²) in [6, 6.07) is 10.7. The van der Waals surface area contributed by atoms with Gasteiger partial charge in [-0.25, -0.2) is 4.98 Å². The van der Waals surface area contributed by atoms with Crippen LogP contribution in [0.1, 0.15) is 29.0 Å². The molecular weight excluding hydrogens is 381 g/mol. The second kappa shape index (κ2) is 7.39. The van der Waals surface area contributed by atoms with E-state index in [-0.39, 0.29) is 17.7 Å². The van der Waals surface area contributed by atoms with Crippen LogP contribution in [0.4, 0.5) is 19.0 Å². The Labute approximate surface area is 166 Å². The van der Waals surface area contributed by atoms with Crippen molar-refractivity contribution in [1.82, 2.24) is 9.88 Å². The molecule has 8 heteroatoms. The summed E-state index contributed by atoms with van der Waals surface area (Å²) in [5.74, 6) is 0.513. The number of anilines is 1. The predicted octanol–water partition coefficient (Wildman–Crippen LogP) is 3.42. The summed E-state index contributed by atoms with van der Waals surface area (Å²) < 4.78 is 38.1. The highest BCUT2D eigenvalue weighted by molar-refractivity contribution is 5.83. The molecule has 0 N–H and O–H groups in total. The molecule has 5 nitrogen and oxygen atoms in total. The molecular formula is C21H19F3N4O. The molecule has 2 fully saturated rings.